The highest BCUT2D eigenvalue weighted by molar-refractivity contribution is 6.05. The molecule has 3 rings (SSSR count). The van der Waals surface area contributed by atoms with Crippen LogP contribution in [0.3, 0.4) is 0 Å². The summed E-state index contributed by atoms with van der Waals surface area (Å²) in [7, 11) is 4.53. The average Bonchev–Trinajstić information content (AvgIpc) is 2.83. The summed E-state index contributed by atoms with van der Waals surface area (Å²) in [4.78, 5) is 25.1. The van der Waals surface area contributed by atoms with Gasteiger partial charge in [-0.3, -0.25) is 9.59 Å². The molecule has 0 radical (unpaired) electrons. The van der Waals surface area contributed by atoms with Crippen LogP contribution in [0.5, 0.6) is 23.0 Å². The maximum Gasteiger partial charge on any atom is 0.262 e. The largest absolute Gasteiger partial charge is 0.495 e. The van der Waals surface area contributed by atoms with Gasteiger partial charge in [0.05, 0.1) is 32.7 Å². The van der Waals surface area contributed by atoms with Gasteiger partial charge < -0.3 is 29.6 Å². The number of nitrogens with one attached hydrogen (secondary N) is 2. The molecule has 8 heteroatoms. The highest BCUT2D eigenvalue weighted by Gasteiger charge is 2.15. The molecule has 0 saturated carbocycles. The van der Waals surface area contributed by atoms with Crippen LogP contribution in [-0.2, 0) is 4.79 Å². The third kappa shape index (κ3) is 5.94. The lowest BCUT2D eigenvalue weighted by Gasteiger charge is -2.14. The maximum absolute atomic E-state index is 12.8. The molecule has 0 unspecified atom stereocenters. The summed E-state index contributed by atoms with van der Waals surface area (Å²) in [5, 5.41) is 5.58. The molecule has 0 aliphatic rings. The number of rotatable bonds is 9. The number of hydrogen-bond acceptors (Lipinski definition) is 6. The Kier molecular flexibility index (Phi) is 7.75. The van der Waals surface area contributed by atoms with Crippen molar-refractivity contribution in [3.8, 4) is 23.0 Å². The Balaban J connectivity index is 1.67. The van der Waals surface area contributed by atoms with Crippen LogP contribution < -0.4 is 29.6 Å². The molecule has 3 aromatic carbocycles. The van der Waals surface area contributed by atoms with Gasteiger partial charge in [0.25, 0.3) is 11.8 Å². The molecular weight excluding hydrogens is 424 g/mol. The van der Waals surface area contributed by atoms with Gasteiger partial charge >= 0.3 is 0 Å². The minimum absolute atomic E-state index is 0.250. The Morgan fingerprint density at radius 3 is 2.12 bits per heavy atom. The minimum atomic E-state index is -0.366. The van der Waals surface area contributed by atoms with E-state index in [2.05, 4.69) is 10.6 Å². The number of carbonyl (C=O) groups is 2. The van der Waals surface area contributed by atoms with Crippen molar-refractivity contribution in [3.05, 3.63) is 71.8 Å². The molecule has 0 bridgehead atoms. The number of aryl methyl sites for hydroxylation is 1. The van der Waals surface area contributed by atoms with E-state index >= 15 is 0 Å². The zero-order valence-electron chi connectivity index (χ0n) is 18.9. The molecule has 0 saturated heterocycles. The van der Waals surface area contributed by atoms with E-state index in [-0.39, 0.29) is 18.4 Å². The molecule has 0 fully saturated rings. The number of carbonyl (C=O) groups excluding carboxylic acids is 2. The molecule has 3 aromatic rings. The number of anilines is 2. The quantitative estimate of drug-likeness (QED) is 0.505. The summed E-state index contributed by atoms with van der Waals surface area (Å²) in [5.74, 6) is 1.06. The normalized spacial score (nSPS) is 10.2. The lowest BCUT2D eigenvalue weighted by atomic mass is 10.1. The fraction of sp³-hybridized carbons (Fsp3) is 0.200. The fourth-order valence-corrected chi connectivity index (χ4v) is 3.12. The van der Waals surface area contributed by atoms with Crippen LogP contribution in [0.1, 0.15) is 15.9 Å². The summed E-state index contributed by atoms with van der Waals surface area (Å²) in [6, 6.07) is 17.3. The SMILES string of the molecule is COc1ccccc1NC(=O)COc1ccc(C(=O)Nc2cc(C)ccc2OC)cc1OC. The molecule has 0 aromatic heterocycles. The standard InChI is InChI=1S/C25H26N2O6/c1-16-9-11-21(31-3)19(13-16)27-25(29)17-10-12-22(23(14-17)32-4)33-15-24(28)26-18-7-5-6-8-20(18)30-2/h5-14H,15H2,1-4H3,(H,26,28)(H,27,29). The second-order valence-corrected chi connectivity index (χ2v) is 7.06. The topological polar surface area (TPSA) is 95.1 Å². The molecule has 8 nitrogen and oxygen atoms in total. The van der Waals surface area contributed by atoms with Crippen LogP contribution >= 0.6 is 0 Å². The Bertz CT molecular complexity index is 1150. The van der Waals surface area contributed by atoms with Crippen molar-refractivity contribution in [2.24, 2.45) is 0 Å². The van der Waals surface area contributed by atoms with Crippen LogP contribution in [0, 0.1) is 6.92 Å². The predicted octanol–water partition coefficient (Wildman–Crippen LogP) is 4.29. The molecule has 0 heterocycles. The van der Waals surface area contributed by atoms with Crippen molar-refractivity contribution < 1.29 is 28.5 Å². The van der Waals surface area contributed by atoms with Gasteiger partial charge in [0, 0.05) is 5.56 Å². The van der Waals surface area contributed by atoms with Crippen LogP contribution in [0.15, 0.2) is 60.7 Å². The average molecular weight is 450 g/mol. The van der Waals surface area contributed by atoms with E-state index in [0.717, 1.165) is 5.56 Å². The summed E-state index contributed by atoms with van der Waals surface area (Å²) in [5.41, 5.74) is 2.45. The van der Waals surface area contributed by atoms with Gasteiger partial charge in [-0.15, -0.1) is 0 Å². The number of amides is 2. The van der Waals surface area contributed by atoms with Gasteiger partial charge in [0.15, 0.2) is 18.1 Å². The van der Waals surface area contributed by atoms with Gasteiger partial charge in [0.2, 0.25) is 0 Å². The predicted molar refractivity (Wildman–Crippen MR) is 126 cm³/mol. The highest BCUT2D eigenvalue weighted by Crippen LogP contribution is 2.30. The Hall–Kier alpha value is -4.20. The molecule has 0 aliphatic carbocycles. The molecule has 0 spiro atoms. The smallest absolute Gasteiger partial charge is 0.262 e. The summed E-state index contributed by atoms with van der Waals surface area (Å²) < 4.78 is 21.5. The van der Waals surface area contributed by atoms with Gasteiger partial charge in [0.1, 0.15) is 11.5 Å². The second-order valence-electron chi connectivity index (χ2n) is 7.06. The second kappa shape index (κ2) is 10.9. The zero-order chi connectivity index (χ0) is 23.8. The van der Waals surface area contributed by atoms with E-state index in [1.807, 2.05) is 25.1 Å². The van der Waals surface area contributed by atoms with E-state index in [9.17, 15) is 9.59 Å². The molecular formula is C25H26N2O6. The van der Waals surface area contributed by atoms with Crippen LogP contribution in [0.4, 0.5) is 11.4 Å². The molecule has 2 amide bonds. The highest BCUT2D eigenvalue weighted by atomic mass is 16.5. The van der Waals surface area contributed by atoms with Crippen LogP contribution in [0.25, 0.3) is 0 Å². The van der Waals surface area contributed by atoms with Crippen LogP contribution in [-0.4, -0.2) is 39.8 Å². The Morgan fingerprint density at radius 1 is 0.727 bits per heavy atom. The first kappa shape index (κ1) is 23.5. The number of para-hydroxylation sites is 2. The lowest BCUT2D eigenvalue weighted by Crippen LogP contribution is -2.20. The van der Waals surface area contributed by atoms with Crippen molar-refractivity contribution >= 4 is 23.2 Å². The van der Waals surface area contributed by atoms with Crippen molar-refractivity contribution in [2.75, 3.05) is 38.6 Å². The number of benzene rings is 3. The molecule has 0 aliphatic heterocycles. The Labute approximate surface area is 192 Å². The van der Waals surface area contributed by atoms with Crippen molar-refractivity contribution in [1.29, 1.82) is 0 Å². The molecule has 0 atom stereocenters. The fourth-order valence-electron chi connectivity index (χ4n) is 3.12. The first-order valence-electron chi connectivity index (χ1n) is 10.1. The van der Waals surface area contributed by atoms with Crippen molar-refractivity contribution in [2.45, 2.75) is 6.92 Å². The third-order valence-electron chi connectivity index (χ3n) is 4.77. The van der Waals surface area contributed by atoms with Gasteiger partial charge in [-0.25, -0.2) is 0 Å². The Morgan fingerprint density at radius 2 is 1.39 bits per heavy atom. The third-order valence-corrected chi connectivity index (χ3v) is 4.77. The first-order valence-corrected chi connectivity index (χ1v) is 10.1. The van der Waals surface area contributed by atoms with E-state index in [1.54, 1.807) is 49.6 Å². The van der Waals surface area contributed by atoms with Gasteiger partial charge in [-0.05, 0) is 55.0 Å². The molecule has 33 heavy (non-hydrogen) atoms. The van der Waals surface area contributed by atoms with E-state index in [0.29, 0.717) is 39.9 Å². The van der Waals surface area contributed by atoms with Crippen molar-refractivity contribution in [1.82, 2.24) is 0 Å². The van der Waals surface area contributed by atoms with E-state index in [1.165, 1.54) is 14.2 Å². The van der Waals surface area contributed by atoms with Gasteiger partial charge in [-0.2, -0.15) is 0 Å². The van der Waals surface area contributed by atoms with Gasteiger partial charge in [-0.1, -0.05) is 18.2 Å². The molecule has 172 valence electrons. The van der Waals surface area contributed by atoms with E-state index in [4.69, 9.17) is 18.9 Å². The van der Waals surface area contributed by atoms with Crippen molar-refractivity contribution in [3.63, 3.8) is 0 Å². The minimum Gasteiger partial charge on any atom is -0.495 e. The lowest BCUT2D eigenvalue weighted by molar-refractivity contribution is -0.118. The summed E-state index contributed by atoms with van der Waals surface area (Å²) in [6.45, 7) is 1.68. The van der Waals surface area contributed by atoms with E-state index < -0.39 is 0 Å². The first-order chi connectivity index (χ1) is 15.9. The number of methoxy groups -OCH3 is 3. The monoisotopic (exact) mass is 450 g/mol. The number of hydrogen-bond donors (Lipinski definition) is 2. The number of ether oxygens (including phenoxy) is 4. The summed E-state index contributed by atoms with van der Waals surface area (Å²) in [6.07, 6.45) is 0. The zero-order valence-corrected chi connectivity index (χ0v) is 18.9. The molecule has 2 N–H and O–H groups in total. The maximum atomic E-state index is 12.8. The van der Waals surface area contributed by atoms with Crippen LogP contribution in [0.2, 0.25) is 0 Å². The summed E-state index contributed by atoms with van der Waals surface area (Å²) >= 11 is 0.